The predicted molar refractivity (Wildman–Crippen MR) is 75.9 cm³/mol. The van der Waals surface area contributed by atoms with Gasteiger partial charge in [-0.3, -0.25) is 0 Å². The van der Waals surface area contributed by atoms with Gasteiger partial charge in [-0.1, -0.05) is 12.1 Å². The maximum Gasteiger partial charge on any atom is 0.146 e. The van der Waals surface area contributed by atoms with Gasteiger partial charge in [0.1, 0.15) is 5.82 Å². The lowest BCUT2D eigenvalue weighted by atomic mass is 10.1. The van der Waals surface area contributed by atoms with Crippen LogP contribution in [0.5, 0.6) is 0 Å². The van der Waals surface area contributed by atoms with Gasteiger partial charge in [-0.2, -0.15) is 0 Å². The summed E-state index contributed by atoms with van der Waals surface area (Å²) in [5, 5.41) is 9.19. The Balaban J connectivity index is 2.24. The smallest absolute Gasteiger partial charge is 0.146 e. The Morgan fingerprint density at radius 2 is 2.11 bits per heavy atom. The molecule has 2 atom stereocenters. The third kappa shape index (κ3) is 3.25. The van der Waals surface area contributed by atoms with Crippen molar-refractivity contribution in [2.75, 3.05) is 31.6 Å². The number of rotatable bonds is 3. The van der Waals surface area contributed by atoms with Crippen molar-refractivity contribution in [3.63, 3.8) is 0 Å². The first-order valence-electron chi connectivity index (χ1n) is 6.95. The molecule has 1 aliphatic heterocycles. The molecule has 0 saturated carbocycles. The minimum atomic E-state index is -0.165. The monoisotopic (exact) mass is 266 g/mol. The summed E-state index contributed by atoms with van der Waals surface area (Å²) >= 11 is 0. The van der Waals surface area contributed by atoms with Gasteiger partial charge < -0.3 is 14.9 Å². The Morgan fingerprint density at radius 3 is 2.79 bits per heavy atom. The number of hydrogen-bond donors (Lipinski definition) is 1. The van der Waals surface area contributed by atoms with E-state index in [4.69, 9.17) is 0 Å². The molecule has 0 amide bonds. The summed E-state index contributed by atoms with van der Waals surface area (Å²) in [6.45, 7) is 4.06. The molecule has 0 bridgehead atoms. The van der Waals surface area contributed by atoms with Gasteiger partial charge in [0.15, 0.2) is 0 Å². The fourth-order valence-electron chi connectivity index (χ4n) is 2.76. The van der Waals surface area contributed by atoms with Crippen LogP contribution < -0.4 is 4.90 Å². The Hall–Kier alpha value is -1.13. The van der Waals surface area contributed by atoms with Gasteiger partial charge in [0.05, 0.1) is 5.69 Å². The van der Waals surface area contributed by atoms with E-state index in [-0.39, 0.29) is 18.5 Å². The average molecular weight is 266 g/mol. The Bertz CT molecular complexity index is 413. The number of anilines is 1. The van der Waals surface area contributed by atoms with Crippen LogP contribution in [0.4, 0.5) is 10.1 Å². The number of benzene rings is 1. The highest BCUT2D eigenvalue weighted by molar-refractivity contribution is 5.49. The quantitative estimate of drug-likeness (QED) is 0.907. The summed E-state index contributed by atoms with van der Waals surface area (Å²) in [6.07, 6.45) is 1.74. The number of aliphatic hydroxyl groups is 1. The molecule has 1 saturated heterocycles. The Morgan fingerprint density at radius 1 is 1.37 bits per heavy atom. The van der Waals surface area contributed by atoms with Crippen LogP contribution in [0.2, 0.25) is 0 Å². The average Bonchev–Trinajstić information content (AvgIpc) is 2.53. The molecule has 106 valence electrons. The zero-order valence-corrected chi connectivity index (χ0v) is 11.7. The first-order valence-corrected chi connectivity index (χ1v) is 6.95. The number of likely N-dealkylation sites (N-methyl/N-ethyl adjacent to an activating group) is 1. The van der Waals surface area contributed by atoms with Crippen LogP contribution in [0.25, 0.3) is 0 Å². The second-order valence-electron chi connectivity index (χ2n) is 5.39. The lowest BCUT2D eigenvalue weighted by Gasteiger charge is -2.32. The highest BCUT2D eigenvalue weighted by atomic mass is 19.1. The van der Waals surface area contributed by atoms with E-state index < -0.39 is 0 Å². The Labute approximate surface area is 114 Å². The fourth-order valence-corrected chi connectivity index (χ4v) is 2.76. The topological polar surface area (TPSA) is 26.7 Å². The molecule has 1 N–H and O–H groups in total. The van der Waals surface area contributed by atoms with Gasteiger partial charge in [0, 0.05) is 31.8 Å². The largest absolute Gasteiger partial charge is 0.396 e. The van der Waals surface area contributed by atoms with Crippen LogP contribution in [0.3, 0.4) is 0 Å². The van der Waals surface area contributed by atoms with Crippen LogP contribution in [-0.4, -0.2) is 48.8 Å². The van der Waals surface area contributed by atoms with Crippen LogP contribution in [-0.2, 0) is 0 Å². The van der Waals surface area contributed by atoms with Crippen molar-refractivity contribution in [2.24, 2.45) is 0 Å². The molecule has 2 unspecified atom stereocenters. The highest BCUT2D eigenvalue weighted by Crippen LogP contribution is 2.26. The van der Waals surface area contributed by atoms with E-state index in [1.54, 1.807) is 6.07 Å². The van der Waals surface area contributed by atoms with Crippen molar-refractivity contribution >= 4 is 5.69 Å². The van der Waals surface area contributed by atoms with Crippen molar-refractivity contribution in [1.29, 1.82) is 0 Å². The van der Waals surface area contributed by atoms with Gasteiger partial charge in [-0.25, -0.2) is 4.39 Å². The van der Waals surface area contributed by atoms with Gasteiger partial charge in [0.25, 0.3) is 0 Å². The van der Waals surface area contributed by atoms with Crippen molar-refractivity contribution in [2.45, 2.75) is 31.8 Å². The first-order chi connectivity index (χ1) is 9.13. The van der Waals surface area contributed by atoms with E-state index >= 15 is 0 Å². The van der Waals surface area contributed by atoms with E-state index in [0.29, 0.717) is 11.7 Å². The summed E-state index contributed by atoms with van der Waals surface area (Å²) in [6, 6.07) is 7.53. The zero-order valence-electron chi connectivity index (χ0n) is 11.7. The van der Waals surface area contributed by atoms with Crippen LogP contribution in [0.1, 0.15) is 19.8 Å². The summed E-state index contributed by atoms with van der Waals surface area (Å²) in [4.78, 5) is 4.41. The number of nitrogens with zero attached hydrogens (tertiary/aromatic N) is 2. The van der Waals surface area contributed by atoms with E-state index in [1.807, 2.05) is 12.1 Å². The molecule has 1 heterocycles. The second-order valence-corrected chi connectivity index (χ2v) is 5.39. The van der Waals surface area contributed by atoms with Crippen LogP contribution in [0, 0.1) is 5.82 Å². The highest BCUT2D eigenvalue weighted by Gasteiger charge is 2.27. The molecule has 3 nitrogen and oxygen atoms in total. The number of hydrogen-bond acceptors (Lipinski definition) is 3. The van der Waals surface area contributed by atoms with Crippen LogP contribution >= 0.6 is 0 Å². The number of aliphatic hydroxyl groups excluding tert-OH is 1. The molecule has 0 radical (unpaired) electrons. The molecule has 2 rings (SSSR count). The van der Waals surface area contributed by atoms with E-state index in [9.17, 15) is 9.50 Å². The molecule has 1 fully saturated rings. The molecule has 19 heavy (non-hydrogen) atoms. The molecule has 1 aliphatic rings. The molecule has 1 aromatic rings. The molecule has 0 aliphatic carbocycles. The normalized spacial score (nSPS) is 25.4. The van der Waals surface area contributed by atoms with Crippen molar-refractivity contribution in [3.8, 4) is 0 Å². The summed E-state index contributed by atoms with van der Waals surface area (Å²) < 4.78 is 14.0. The standard InChI is InChI=1S/C15H23FN2O/c1-12-7-9-17(2)13(8-10-19)11-18(12)15-6-4-3-5-14(15)16/h3-6,12-13,19H,7-11H2,1-2H3. The minimum Gasteiger partial charge on any atom is -0.396 e. The lowest BCUT2D eigenvalue weighted by molar-refractivity contribution is 0.196. The zero-order chi connectivity index (χ0) is 13.8. The number of para-hydroxylation sites is 1. The van der Waals surface area contributed by atoms with Gasteiger partial charge in [-0.15, -0.1) is 0 Å². The third-order valence-corrected chi connectivity index (χ3v) is 4.09. The molecule has 4 heteroatoms. The lowest BCUT2D eigenvalue weighted by Crippen LogP contribution is -2.41. The van der Waals surface area contributed by atoms with Crippen molar-refractivity contribution in [3.05, 3.63) is 30.1 Å². The fraction of sp³-hybridized carbons (Fsp3) is 0.600. The summed E-state index contributed by atoms with van der Waals surface area (Å²) in [7, 11) is 2.08. The van der Waals surface area contributed by atoms with Gasteiger partial charge >= 0.3 is 0 Å². The van der Waals surface area contributed by atoms with Crippen molar-refractivity contribution in [1.82, 2.24) is 4.90 Å². The van der Waals surface area contributed by atoms with Gasteiger partial charge in [-0.05, 0) is 38.9 Å². The third-order valence-electron chi connectivity index (χ3n) is 4.09. The minimum absolute atomic E-state index is 0.165. The van der Waals surface area contributed by atoms with Crippen molar-refractivity contribution < 1.29 is 9.50 Å². The molecule has 1 aromatic carbocycles. The maximum absolute atomic E-state index is 14.0. The summed E-state index contributed by atoms with van der Waals surface area (Å²) in [5.74, 6) is -0.165. The first kappa shape index (κ1) is 14.3. The molecular formula is C15H23FN2O. The van der Waals surface area contributed by atoms with E-state index in [2.05, 4.69) is 23.8 Å². The van der Waals surface area contributed by atoms with E-state index in [0.717, 1.165) is 25.9 Å². The predicted octanol–water partition coefficient (Wildman–Crippen LogP) is 2.11. The van der Waals surface area contributed by atoms with Crippen LogP contribution in [0.15, 0.2) is 24.3 Å². The molecule has 0 spiro atoms. The number of halogens is 1. The maximum atomic E-state index is 14.0. The molecular weight excluding hydrogens is 243 g/mol. The summed E-state index contributed by atoms with van der Waals surface area (Å²) in [5.41, 5.74) is 0.674. The second kappa shape index (κ2) is 6.35. The Kier molecular flexibility index (Phi) is 4.77. The molecule has 0 aromatic heterocycles. The van der Waals surface area contributed by atoms with E-state index in [1.165, 1.54) is 6.07 Å². The SMILES string of the molecule is CC1CCN(C)C(CCO)CN1c1ccccc1F. The van der Waals surface area contributed by atoms with Gasteiger partial charge in [0.2, 0.25) is 0 Å².